The molecule has 5 nitrogen and oxygen atoms in total. The van der Waals surface area contributed by atoms with Crippen LogP contribution in [0.2, 0.25) is 0 Å². The fourth-order valence-electron chi connectivity index (χ4n) is 3.31. The molecule has 0 spiro atoms. The van der Waals surface area contributed by atoms with Crippen LogP contribution in [0.15, 0.2) is 6.07 Å². The first-order chi connectivity index (χ1) is 9.93. The van der Waals surface area contributed by atoms with Crippen LogP contribution in [0.4, 0.5) is 11.6 Å². The smallest absolute Gasteiger partial charge is 0.138 e. The number of nitrogen functional groups attached to an aromatic ring is 1. The van der Waals surface area contributed by atoms with Gasteiger partial charge in [0.05, 0.1) is 0 Å². The molecule has 116 valence electrons. The van der Waals surface area contributed by atoms with E-state index in [1.807, 2.05) is 6.07 Å². The van der Waals surface area contributed by atoms with E-state index < -0.39 is 0 Å². The number of aromatic nitrogens is 2. The van der Waals surface area contributed by atoms with Gasteiger partial charge in [0.15, 0.2) is 0 Å². The molecule has 2 aliphatic rings. The van der Waals surface area contributed by atoms with Crippen molar-refractivity contribution in [3.63, 3.8) is 0 Å². The number of rotatable bonds is 1. The lowest BCUT2D eigenvalue weighted by atomic mass is 9.95. The molecule has 0 radical (unpaired) electrons. The zero-order valence-corrected chi connectivity index (χ0v) is 13.5. The maximum absolute atomic E-state index is 6.01. The van der Waals surface area contributed by atoms with E-state index in [1.165, 1.54) is 25.8 Å². The van der Waals surface area contributed by atoms with Crippen molar-refractivity contribution in [1.82, 2.24) is 14.9 Å². The molecule has 5 heteroatoms. The van der Waals surface area contributed by atoms with E-state index in [-0.39, 0.29) is 5.41 Å². The predicted molar refractivity (Wildman–Crippen MR) is 86.6 cm³/mol. The van der Waals surface area contributed by atoms with Gasteiger partial charge in [-0.3, -0.25) is 4.90 Å². The fourth-order valence-corrected chi connectivity index (χ4v) is 3.31. The summed E-state index contributed by atoms with van der Waals surface area (Å²) in [7, 11) is 0. The quantitative estimate of drug-likeness (QED) is 0.857. The molecule has 21 heavy (non-hydrogen) atoms. The van der Waals surface area contributed by atoms with E-state index >= 15 is 0 Å². The molecular weight excluding hydrogens is 262 g/mol. The highest BCUT2D eigenvalue weighted by Gasteiger charge is 2.30. The van der Waals surface area contributed by atoms with Crippen LogP contribution < -0.4 is 10.6 Å². The monoisotopic (exact) mass is 289 g/mol. The second kappa shape index (κ2) is 5.44. The van der Waals surface area contributed by atoms with Gasteiger partial charge in [-0.25, -0.2) is 9.97 Å². The van der Waals surface area contributed by atoms with Crippen LogP contribution in [-0.4, -0.2) is 47.1 Å². The highest BCUT2D eigenvalue weighted by Crippen LogP contribution is 2.27. The number of anilines is 2. The van der Waals surface area contributed by atoms with Gasteiger partial charge in [0.1, 0.15) is 17.5 Å². The molecule has 2 N–H and O–H groups in total. The Kier molecular flexibility index (Phi) is 3.78. The number of piperidine rings is 1. The SMILES string of the molecule is CC(C)(C)c1nc(N)cc(N2CCN3CCCCC3C2)n1. The Labute approximate surface area is 127 Å². The van der Waals surface area contributed by atoms with Gasteiger partial charge in [0.25, 0.3) is 0 Å². The summed E-state index contributed by atoms with van der Waals surface area (Å²) >= 11 is 0. The van der Waals surface area contributed by atoms with Crippen molar-refractivity contribution < 1.29 is 0 Å². The van der Waals surface area contributed by atoms with E-state index in [0.717, 1.165) is 31.3 Å². The summed E-state index contributed by atoms with van der Waals surface area (Å²) in [6.45, 7) is 10.9. The molecule has 2 aliphatic heterocycles. The average Bonchev–Trinajstić information content (AvgIpc) is 2.45. The van der Waals surface area contributed by atoms with Gasteiger partial charge in [-0.15, -0.1) is 0 Å². The van der Waals surface area contributed by atoms with Crippen molar-refractivity contribution in [1.29, 1.82) is 0 Å². The van der Waals surface area contributed by atoms with Crippen LogP contribution in [0.5, 0.6) is 0 Å². The zero-order chi connectivity index (χ0) is 15.0. The van der Waals surface area contributed by atoms with Crippen LogP contribution >= 0.6 is 0 Å². The minimum atomic E-state index is -0.0726. The Morgan fingerprint density at radius 2 is 1.95 bits per heavy atom. The van der Waals surface area contributed by atoms with Crippen molar-refractivity contribution in [2.24, 2.45) is 0 Å². The predicted octanol–water partition coefficient (Wildman–Crippen LogP) is 2.03. The molecule has 0 saturated carbocycles. The lowest BCUT2D eigenvalue weighted by Gasteiger charge is -2.44. The van der Waals surface area contributed by atoms with E-state index in [2.05, 4.69) is 35.6 Å². The standard InChI is InChI=1S/C16H27N5/c1-16(2,3)15-18-13(17)10-14(19-15)21-9-8-20-7-5-4-6-12(20)11-21/h10,12H,4-9,11H2,1-3H3,(H2,17,18,19). The number of nitrogens with two attached hydrogens (primary N) is 1. The molecule has 0 aromatic carbocycles. The van der Waals surface area contributed by atoms with Crippen LogP contribution in [0.3, 0.4) is 0 Å². The minimum absolute atomic E-state index is 0.0726. The van der Waals surface area contributed by atoms with Crippen molar-refractivity contribution in [2.75, 3.05) is 36.8 Å². The lowest BCUT2D eigenvalue weighted by Crippen LogP contribution is -2.55. The van der Waals surface area contributed by atoms with Crippen molar-refractivity contribution in [3.8, 4) is 0 Å². The second-order valence-corrected chi connectivity index (χ2v) is 7.36. The summed E-state index contributed by atoms with van der Waals surface area (Å²) in [4.78, 5) is 14.2. The first kappa shape index (κ1) is 14.6. The largest absolute Gasteiger partial charge is 0.384 e. The average molecular weight is 289 g/mol. The number of piperazine rings is 1. The van der Waals surface area contributed by atoms with Crippen LogP contribution in [-0.2, 0) is 5.41 Å². The van der Waals surface area contributed by atoms with Gasteiger partial charge in [-0.05, 0) is 19.4 Å². The molecule has 2 fully saturated rings. The van der Waals surface area contributed by atoms with Gasteiger partial charge in [-0.1, -0.05) is 27.2 Å². The molecule has 1 aromatic heterocycles. The van der Waals surface area contributed by atoms with Crippen LogP contribution in [0.1, 0.15) is 45.9 Å². The maximum Gasteiger partial charge on any atom is 0.138 e. The molecule has 2 saturated heterocycles. The highest BCUT2D eigenvalue weighted by atomic mass is 15.3. The molecule has 0 aliphatic carbocycles. The number of fused-ring (bicyclic) bond motifs is 1. The Balaban J connectivity index is 1.82. The lowest BCUT2D eigenvalue weighted by molar-refractivity contribution is 0.133. The Morgan fingerprint density at radius 3 is 2.71 bits per heavy atom. The molecule has 3 rings (SSSR count). The fraction of sp³-hybridized carbons (Fsp3) is 0.750. The van der Waals surface area contributed by atoms with Crippen LogP contribution in [0, 0.1) is 0 Å². The summed E-state index contributed by atoms with van der Waals surface area (Å²) in [5.74, 6) is 2.41. The number of hydrogen-bond acceptors (Lipinski definition) is 5. The van der Waals surface area contributed by atoms with E-state index in [1.54, 1.807) is 0 Å². The van der Waals surface area contributed by atoms with Gasteiger partial charge in [-0.2, -0.15) is 0 Å². The van der Waals surface area contributed by atoms with Gasteiger partial charge >= 0.3 is 0 Å². The van der Waals surface area contributed by atoms with Crippen molar-refractivity contribution in [3.05, 3.63) is 11.9 Å². The summed E-state index contributed by atoms with van der Waals surface area (Å²) in [5.41, 5.74) is 5.93. The van der Waals surface area contributed by atoms with Crippen molar-refractivity contribution >= 4 is 11.6 Å². The van der Waals surface area contributed by atoms with Crippen LogP contribution in [0.25, 0.3) is 0 Å². The topological polar surface area (TPSA) is 58.3 Å². The highest BCUT2D eigenvalue weighted by molar-refractivity contribution is 5.48. The molecule has 0 amide bonds. The third-order valence-electron chi connectivity index (χ3n) is 4.56. The Morgan fingerprint density at radius 1 is 1.14 bits per heavy atom. The molecule has 0 bridgehead atoms. The molecule has 1 unspecified atom stereocenters. The molecular formula is C16H27N5. The number of hydrogen-bond donors (Lipinski definition) is 1. The van der Waals surface area contributed by atoms with Gasteiger partial charge < -0.3 is 10.6 Å². The van der Waals surface area contributed by atoms with Crippen molar-refractivity contribution in [2.45, 2.75) is 51.5 Å². The normalized spacial score (nSPS) is 24.0. The van der Waals surface area contributed by atoms with E-state index in [9.17, 15) is 0 Å². The summed E-state index contributed by atoms with van der Waals surface area (Å²) in [6.07, 6.45) is 4.02. The van der Waals surface area contributed by atoms with Gasteiger partial charge in [0.2, 0.25) is 0 Å². The third kappa shape index (κ3) is 3.12. The Hall–Kier alpha value is -1.36. The maximum atomic E-state index is 6.01. The first-order valence-electron chi connectivity index (χ1n) is 8.07. The van der Waals surface area contributed by atoms with Gasteiger partial charge in [0, 0.05) is 37.2 Å². The van der Waals surface area contributed by atoms with E-state index in [0.29, 0.717) is 11.9 Å². The summed E-state index contributed by atoms with van der Waals surface area (Å²) in [5, 5.41) is 0. The zero-order valence-electron chi connectivity index (χ0n) is 13.5. The second-order valence-electron chi connectivity index (χ2n) is 7.36. The molecule has 1 atom stereocenters. The summed E-state index contributed by atoms with van der Waals surface area (Å²) < 4.78 is 0. The molecule has 3 heterocycles. The number of nitrogens with zero attached hydrogens (tertiary/aromatic N) is 4. The minimum Gasteiger partial charge on any atom is -0.384 e. The first-order valence-corrected chi connectivity index (χ1v) is 8.07. The summed E-state index contributed by atoms with van der Waals surface area (Å²) in [6, 6.07) is 2.61. The third-order valence-corrected chi connectivity index (χ3v) is 4.56. The van der Waals surface area contributed by atoms with E-state index in [4.69, 9.17) is 10.7 Å². The Bertz CT molecular complexity index is 508. The molecule has 1 aromatic rings.